The molecule has 8 heteroatoms. The highest BCUT2D eigenvalue weighted by molar-refractivity contribution is 5.92. The molecule has 1 amide bonds. The number of aromatic nitrogens is 4. The summed E-state index contributed by atoms with van der Waals surface area (Å²) in [6, 6.07) is 4.12. The van der Waals surface area contributed by atoms with Crippen LogP contribution in [0.1, 0.15) is 47.9 Å². The highest BCUT2D eigenvalue weighted by Crippen LogP contribution is 2.33. The smallest absolute Gasteiger partial charge is 0.273 e. The fourth-order valence-electron chi connectivity index (χ4n) is 2.97. The van der Waals surface area contributed by atoms with Crippen LogP contribution < -0.4 is 10.9 Å². The SMILES string of the molecule is CC(c1ccc(=O)[nH]c1)N1CC(NC(=O)c2cn(C3CC3)nn2)C1. The molecule has 2 fully saturated rings. The van der Waals surface area contributed by atoms with Crippen LogP contribution in [0, 0.1) is 0 Å². The van der Waals surface area contributed by atoms with Gasteiger partial charge in [-0.15, -0.1) is 5.10 Å². The number of hydrogen-bond acceptors (Lipinski definition) is 5. The average molecular weight is 328 g/mol. The van der Waals surface area contributed by atoms with E-state index >= 15 is 0 Å². The molecule has 4 rings (SSSR count). The van der Waals surface area contributed by atoms with E-state index in [4.69, 9.17) is 0 Å². The van der Waals surface area contributed by atoms with Crippen molar-refractivity contribution < 1.29 is 4.79 Å². The summed E-state index contributed by atoms with van der Waals surface area (Å²) in [5.74, 6) is -0.164. The van der Waals surface area contributed by atoms with E-state index in [-0.39, 0.29) is 23.6 Å². The van der Waals surface area contributed by atoms with Crippen LogP contribution in [0.5, 0.6) is 0 Å². The first-order valence-electron chi connectivity index (χ1n) is 8.25. The lowest BCUT2D eigenvalue weighted by molar-refractivity contribution is 0.0671. The molecule has 2 aliphatic rings. The molecule has 1 saturated carbocycles. The van der Waals surface area contributed by atoms with Crippen molar-refractivity contribution in [2.24, 2.45) is 0 Å². The summed E-state index contributed by atoms with van der Waals surface area (Å²) in [6.07, 6.45) is 5.71. The monoisotopic (exact) mass is 328 g/mol. The number of nitrogens with one attached hydrogen (secondary N) is 2. The van der Waals surface area contributed by atoms with E-state index in [0.29, 0.717) is 11.7 Å². The van der Waals surface area contributed by atoms with Crippen molar-refractivity contribution in [2.75, 3.05) is 13.1 Å². The van der Waals surface area contributed by atoms with Gasteiger partial charge in [0.15, 0.2) is 5.69 Å². The van der Waals surface area contributed by atoms with Crippen LogP contribution in [0.2, 0.25) is 0 Å². The summed E-state index contributed by atoms with van der Waals surface area (Å²) in [5, 5.41) is 11.0. The number of carbonyl (C=O) groups is 1. The van der Waals surface area contributed by atoms with Gasteiger partial charge >= 0.3 is 0 Å². The zero-order chi connectivity index (χ0) is 16.7. The molecule has 8 nitrogen and oxygen atoms in total. The summed E-state index contributed by atoms with van der Waals surface area (Å²) in [6.45, 7) is 3.65. The Labute approximate surface area is 138 Å². The van der Waals surface area contributed by atoms with Gasteiger partial charge in [-0.2, -0.15) is 0 Å². The summed E-state index contributed by atoms with van der Waals surface area (Å²) in [5.41, 5.74) is 1.35. The molecule has 0 radical (unpaired) electrons. The van der Waals surface area contributed by atoms with Crippen molar-refractivity contribution in [3.05, 3.63) is 46.1 Å². The van der Waals surface area contributed by atoms with E-state index in [1.165, 1.54) is 6.07 Å². The zero-order valence-electron chi connectivity index (χ0n) is 13.5. The van der Waals surface area contributed by atoms with Gasteiger partial charge in [0.25, 0.3) is 5.91 Å². The lowest BCUT2D eigenvalue weighted by Gasteiger charge is -2.43. The van der Waals surface area contributed by atoms with E-state index < -0.39 is 0 Å². The number of rotatable bonds is 5. The van der Waals surface area contributed by atoms with Crippen molar-refractivity contribution in [3.8, 4) is 0 Å². The highest BCUT2D eigenvalue weighted by Gasteiger charge is 2.33. The lowest BCUT2D eigenvalue weighted by Crippen LogP contribution is -2.59. The maximum Gasteiger partial charge on any atom is 0.273 e. The quantitative estimate of drug-likeness (QED) is 0.832. The van der Waals surface area contributed by atoms with Crippen molar-refractivity contribution in [1.82, 2.24) is 30.2 Å². The normalized spacial score (nSPS) is 19.7. The van der Waals surface area contributed by atoms with E-state index in [9.17, 15) is 9.59 Å². The first kappa shape index (κ1) is 15.1. The second-order valence-corrected chi connectivity index (χ2v) is 6.60. The minimum atomic E-state index is -0.164. The molecule has 1 saturated heterocycles. The largest absolute Gasteiger partial charge is 0.345 e. The lowest BCUT2D eigenvalue weighted by atomic mass is 10.0. The Kier molecular flexibility index (Phi) is 3.68. The van der Waals surface area contributed by atoms with Crippen LogP contribution in [0.4, 0.5) is 0 Å². The molecule has 3 heterocycles. The minimum absolute atomic E-state index is 0.0982. The van der Waals surface area contributed by atoms with Gasteiger partial charge in [-0.25, -0.2) is 4.68 Å². The number of H-pyrrole nitrogens is 1. The number of aromatic amines is 1. The molecule has 1 unspecified atom stereocenters. The van der Waals surface area contributed by atoms with Crippen LogP contribution in [0.25, 0.3) is 0 Å². The van der Waals surface area contributed by atoms with Crippen molar-refractivity contribution >= 4 is 5.91 Å². The molecule has 2 aromatic rings. The van der Waals surface area contributed by atoms with Gasteiger partial charge in [0.1, 0.15) is 0 Å². The molecule has 0 bridgehead atoms. The number of amides is 1. The maximum absolute atomic E-state index is 12.2. The second-order valence-electron chi connectivity index (χ2n) is 6.60. The fourth-order valence-corrected chi connectivity index (χ4v) is 2.97. The molecule has 24 heavy (non-hydrogen) atoms. The standard InChI is InChI=1S/C16H20N6O2/c1-10(11-2-5-15(23)17-6-11)21-7-12(8-21)18-16(24)14-9-22(20-19-14)13-3-4-13/h2,5-6,9-10,12-13H,3-4,7-8H2,1H3,(H,17,23)(H,18,24). The van der Waals surface area contributed by atoms with E-state index in [2.05, 4.69) is 32.4 Å². The van der Waals surface area contributed by atoms with E-state index in [1.807, 2.05) is 6.07 Å². The number of pyridine rings is 1. The second kappa shape index (κ2) is 5.86. The third-order valence-corrected chi connectivity index (χ3v) is 4.75. The number of carbonyl (C=O) groups excluding carboxylic acids is 1. The third kappa shape index (κ3) is 2.96. The summed E-state index contributed by atoms with van der Waals surface area (Å²) >= 11 is 0. The van der Waals surface area contributed by atoms with Crippen LogP contribution >= 0.6 is 0 Å². The van der Waals surface area contributed by atoms with Crippen LogP contribution in [-0.4, -0.2) is 49.9 Å². The van der Waals surface area contributed by atoms with E-state index in [1.54, 1.807) is 17.1 Å². The molecule has 1 aliphatic carbocycles. The molecule has 2 aromatic heterocycles. The Bertz CT molecular complexity index is 782. The minimum Gasteiger partial charge on any atom is -0.345 e. The zero-order valence-corrected chi connectivity index (χ0v) is 13.5. The number of hydrogen-bond donors (Lipinski definition) is 2. The molecule has 0 spiro atoms. The van der Waals surface area contributed by atoms with Gasteiger partial charge in [0, 0.05) is 31.4 Å². The Morgan fingerprint density at radius 3 is 2.83 bits per heavy atom. The first-order chi connectivity index (χ1) is 11.6. The van der Waals surface area contributed by atoms with Gasteiger partial charge in [-0.05, 0) is 25.3 Å². The predicted molar refractivity (Wildman–Crippen MR) is 86.6 cm³/mol. The summed E-state index contributed by atoms with van der Waals surface area (Å²) < 4.78 is 1.78. The average Bonchev–Trinajstić information content (AvgIpc) is 3.27. The van der Waals surface area contributed by atoms with Crippen molar-refractivity contribution in [2.45, 2.75) is 37.9 Å². The molecule has 126 valence electrons. The van der Waals surface area contributed by atoms with Gasteiger partial charge in [0.2, 0.25) is 5.56 Å². The Hall–Kier alpha value is -2.48. The molecule has 1 aliphatic heterocycles. The highest BCUT2D eigenvalue weighted by atomic mass is 16.2. The maximum atomic E-state index is 12.2. The van der Waals surface area contributed by atoms with Gasteiger partial charge in [-0.1, -0.05) is 11.3 Å². The van der Waals surface area contributed by atoms with Gasteiger partial charge in [0.05, 0.1) is 18.3 Å². The predicted octanol–water partition coefficient (Wildman–Crippen LogP) is 0.476. The Balaban J connectivity index is 1.29. The Morgan fingerprint density at radius 2 is 2.17 bits per heavy atom. The third-order valence-electron chi connectivity index (χ3n) is 4.75. The van der Waals surface area contributed by atoms with Crippen molar-refractivity contribution in [1.29, 1.82) is 0 Å². The number of likely N-dealkylation sites (tertiary alicyclic amines) is 1. The Morgan fingerprint density at radius 1 is 1.38 bits per heavy atom. The van der Waals surface area contributed by atoms with Gasteiger partial charge in [-0.3, -0.25) is 14.5 Å². The number of nitrogens with zero attached hydrogens (tertiary/aromatic N) is 4. The molecular weight excluding hydrogens is 308 g/mol. The molecular formula is C16H20N6O2. The topological polar surface area (TPSA) is 95.9 Å². The van der Waals surface area contributed by atoms with Crippen LogP contribution in [-0.2, 0) is 0 Å². The first-order valence-corrected chi connectivity index (χ1v) is 8.25. The summed E-state index contributed by atoms with van der Waals surface area (Å²) in [7, 11) is 0. The summed E-state index contributed by atoms with van der Waals surface area (Å²) in [4.78, 5) is 28.3. The van der Waals surface area contributed by atoms with Crippen molar-refractivity contribution in [3.63, 3.8) is 0 Å². The van der Waals surface area contributed by atoms with Crippen LogP contribution in [0.15, 0.2) is 29.3 Å². The molecule has 1 atom stereocenters. The fraction of sp³-hybridized carbons (Fsp3) is 0.500. The van der Waals surface area contributed by atoms with Crippen LogP contribution in [0.3, 0.4) is 0 Å². The van der Waals surface area contributed by atoms with E-state index in [0.717, 1.165) is 31.5 Å². The van der Waals surface area contributed by atoms with Gasteiger partial charge < -0.3 is 10.3 Å². The molecule has 2 N–H and O–H groups in total. The molecule has 0 aromatic carbocycles.